The summed E-state index contributed by atoms with van der Waals surface area (Å²) >= 11 is 6.22. The lowest BCUT2D eigenvalue weighted by Crippen LogP contribution is -2.33. The van der Waals surface area contributed by atoms with Gasteiger partial charge in [-0.15, -0.1) is 17.0 Å². The van der Waals surface area contributed by atoms with Crippen molar-refractivity contribution in [1.82, 2.24) is 19.9 Å². The minimum absolute atomic E-state index is 0. The Kier molecular flexibility index (Phi) is 7.46. The molecule has 0 saturated heterocycles. The second-order valence-electron chi connectivity index (χ2n) is 7.25. The molecule has 1 atom stereocenters. The molecular weight excluding hydrogens is 438 g/mol. The number of hydrogen-bond acceptors (Lipinski definition) is 4. The molecule has 3 aromatic rings. The van der Waals surface area contributed by atoms with Crippen LogP contribution in [0.15, 0.2) is 36.4 Å². The molecule has 0 bridgehead atoms. The van der Waals surface area contributed by atoms with Gasteiger partial charge in [-0.05, 0) is 69.0 Å². The van der Waals surface area contributed by atoms with Crippen LogP contribution in [0.25, 0.3) is 11.0 Å². The Morgan fingerprint density at radius 3 is 2.82 bits per heavy atom. The van der Waals surface area contributed by atoms with E-state index in [4.69, 9.17) is 27.3 Å². The first-order valence-corrected chi connectivity index (χ1v) is 10.2. The lowest BCUT2D eigenvalue weighted by molar-refractivity contribution is 0.159. The first kappa shape index (κ1) is 21.2. The Hall–Kier alpha value is -1.47. The van der Waals surface area contributed by atoms with Crippen molar-refractivity contribution in [2.75, 3.05) is 13.1 Å². The van der Waals surface area contributed by atoms with Gasteiger partial charge in [0.1, 0.15) is 11.0 Å². The summed E-state index contributed by atoms with van der Waals surface area (Å²) in [4.78, 5) is 15.4. The standard InChI is InChI=1S/C21H26ClN5.BrH/c22-19-11-10-15-6-5-9-18(21(15)26-19)27(13-4-3-12-23)14-20-24-16-7-1-2-8-17(16)25-20;/h1-2,7-8,10-11,18H,3-6,9,12-14,23H2,(H,24,25);1H. The van der Waals surface area contributed by atoms with Crippen LogP contribution in [0.3, 0.4) is 0 Å². The molecular formula is C21H27BrClN5. The number of pyridine rings is 1. The summed E-state index contributed by atoms with van der Waals surface area (Å²) in [5.41, 5.74) is 10.3. The summed E-state index contributed by atoms with van der Waals surface area (Å²) in [6, 6.07) is 12.5. The predicted octanol–water partition coefficient (Wildman–Crippen LogP) is 4.81. The van der Waals surface area contributed by atoms with E-state index >= 15 is 0 Å². The minimum Gasteiger partial charge on any atom is -0.341 e. The number of nitrogens with zero attached hydrogens (tertiary/aromatic N) is 3. The number of unbranched alkanes of at least 4 members (excludes halogenated alkanes) is 1. The molecule has 4 rings (SSSR count). The van der Waals surface area contributed by atoms with Gasteiger partial charge in [-0.2, -0.15) is 0 Å². The molecule has 7 heteroatoms. The Morgan fingerprint density at radius 2 is 2.00 bits per heavy atom. The van der Waals surface area contributed by atoms with Crippen LogP contribution in [-0.2, 0) is 13.0 Å². The molecule has 150 valence electrons. The smallest absolute Gasteiger partial charge is 0.129 e. The monoisotopic (exact) mass is 463 g/mol. The summed E-state index contributed by atoms with van der Waals surface area (Å²) < 4.78 is 0. The average molecular weight is 465 g/mol. The van der Waals surface area contributed by atoms with E-state index < -0.39 is 0 Å². The van der Waals surface area contributed by atoms with E-state index in [-0.39, 0.29) is 23.0 Å². The van der Waals surface area contributed by atoms with E-state index in [0.29, 0.717) is 5.15 Å². The lowest BCUT2D eigenvalue weighted by Gasteiger charge is -2.34. The van der Waals surface area contributed by atoms with Crippen molar-refractivity contribution >= 4 is 39.6 Å². The van der Waals surface area contributed by atoms with Gasteiger partial charge in [0.15, 0.2) is 0 Å². The number of fused-ring (bicyclic) bond motifs is 2. The zero-order chi connectivity index (χ0) is 18.6. The molecule has 1 aliphatic carbocycles. The highest BCUT2D eigenvalue weighted by Crippen LogP contribution is 2.35. The molecule has 2 aromatic heterocycles. The maximum absolute atomic E-state index is 6.22. The van der Waals surface area contributed by atoms with Crippen LogP contribution in [0, 0.1) is 0 Å². The minimum atomic E-state index is 0. The number of rotatable bonds is 7. The Labute approximate surface area is 181 Å². The largest absolute Gasteiger partial charge is 0.341 e. The molecule has 0 saturated carbocycles. The third kappa shape index (κ3) is 4.74. The van der Waals surface area contributed by atoms with Gasteiger partial charge in [-0.3, -0.25) is 4.90 Å². The number of halogens is 2. The lowest BCUT2D eigenvalue weighted by atomic mass is 9.90. The quantitative estimate of drug-likeness (QED) is 0.389. The Morgan fingerprint density at radius 1 is 1.14 bits per heavy atom. The van der Waals surface area contributed by atoms with Crippen LogP contribution in [0.2, 0.25) is 5.15 Å². The van der Waals surface area contributed by atoms with Crippen molar-refractivity contribution < 1.29 is 0 Å². The van der Waals surface area contributed by atoms with Gasteiger partial charge in [-0.1, -0.05) is 29.8 Å². The molecule has 0 radical (unpaired) electrons. The number of nitrogens with one attached hydrogen (secondary N) is 1. The second kappa shape index (κ2) is 9.83. The molecule has 0 aliphatic heterocycles. The van der Waals surface area contributed by atoms with Gasteiger partial charge in [0, 0.05) is 0 Å². The summed E-state index contributed by atoms with van der Waals surface area (Å²) in [5, 5.41) is 0.575. The maximum Gasteiger partial charge on any atom is 0.129 e. The molecule has 1 unspecified atom stereocenters. The fourth-order valence-electron chi connectivity index (χ4n) is 4.03. The van der Waals surface area contributed by atoms with Gasteiger partial charge in [0.25, 0.3) is 0 Å². The zero-order valence-electron chi connectivity index (χ0n) is 15.9. The Bertz CT molecular complexity index is 880. The third-order valence-electron chi connectivity index (χ3n) is 5.35. The highest BCUT2D eigenvalue weighted by Gasteiger charge is 2.28. The fourth-order valence-corrected chi connectivity index (χ4v) is 4.19. The number of nitrogens with two attached hydrogens (primary N) is 1. The van der Waals surface area contributed by atoms with Crippen LogP contribution >= 0.6 is 28.6 Å². The summed E-state index contributed by atoms with van der Waals surface area (Å²) in [5.74, 6) is 0.998. The average Bonchev–Trinajstić information content (AvgIpc) is 3.09. The maximum atomic E-state index is 6.22. The normalized spacial score (nSPS) is 16.2. The molecule has 0 spiro atoms. The molecule has 0 fully saturated rings. The number of benzene rings is 1. The number of imidazole rings is 1. The van der Waals surface area contributed by atoms with Crippen molar-refractivity contribution in [3.8, 4) is 0 Å². The predicted molar refractivity (Wildman–Crippen MR) is 120 cm³/mol. The molecule has 5 nitrogen and oxygen atoms in total. The molecule has 2 heterocycles. The van der Waals surface area contributed by atoms with Gasteiger partial charge in [-0.25, -0.2) is 9.97 Å². The number of aromatic nitrogens is 3. The van der Waals surface area contributed by atoms with Gasteiger partial charge in [0.05, 0.1) is 29.3 Å². The van der Waals surface area contributed by atoms with E-state index in [1.165, 1.54) is 12.0 Å². The van der Waals surface area contributed by atoms with Gasteiger partial charge < -0.3 is 10.7 Å². The van der Waals surface area contributed by atoms with Crippen molar-refractivity contribution in [1.29, 1.82) is 0 Å². The highest BCUT2D eigenvalue weighted by atomic mass is 79.9. The van der Waals surface area contributed by atoms with Crippen LogP contribution in [-0.4, -0.2) is 32.9 Å². The van der Waals surface area contributed by atoms with Gasteiger partial charge in [0.2, 0.25) is 0 Å². The van der Waals surface area contributed by atoms with Crippen LogP contribution in [0.5, 0.6) is 0 Å². The number of para-hydroxylation sites is 2. The molecule has 3 N–H and O–H groups in total. The van der Waals surface area contributed by atoms with Crippen LogP contribution in [0.4, 0.5) is 0 Å². The summed E-state index contributed by atoms with van der Waals surface area (Å²) in [6.45, 7) is 2.48. The number of aryl methyl sites for hydroxylation is 1. The number of H-pyrrole nitrogens is 1. The number of aromatic amines is 1. The third-order valence-corrected chi connectivity index (χ3v) is 5.56. The number of hydrogen-bond donors (Lipinski definition) is 2. The van der Waals surface area contributed by atoms with Crippen LogP contribution < -0.4 is 5.73 Å². The molecule has 0 amide bonds. The topological polar surface area (TPSA) is 70.8 Å². The van der Waals surface area contributed by atoms with Crippen molar-refractivity contribution in [2.24, 2.45) is 5.73 Å². The van der Waals surface area contributed by atoms with Crippen molar-refractivity contribution in [3.05, 3.63) is 58.6 Å². The van der Waals surface area contributed by atoms with Crippen LogP contribution in [0.1, 0.15) is 48.8 Å². The zero-order valence-corrected chi connectivity index (χ0v) is 18.4. The summed E-state index contributed by atoms with van der Waals surface area (Å²) in [6.07, 6.45) is 5.46. The molecule has 28 heavy (non-hydrogen) atoms. The van der Waals surface area contributed by atoms with E-state index in [1.807, 2.05) is 24.3 Å². The second-order valence-corrected chi connectivity index (χ2v) is 7.64. The SMILES string of the molecule is Br.NCCCCN(Cc1nc2ccccc2[nH]1)C1CCCc2ccc(Cl)nc21. The summed E-state index contributed by atoms with van der Waals surface area (Å²) in [7, 11) is 0. The van der Waals surface area contributed by atoms with E-state index in [1.54, 1.807) is 0 Å². The van der Waals surface area contributed by atoms with Crippen molar-refractivity contribution in [3.63, 3.8) is 0 Å². The van der Waals surface area contributed by atoms with E-state index in [9.17, 15) is 0 Å². The Balaban J connectivity index is 0.00000225. The van der Waals surface area contributed by atoms with Gasteiger partial charge >= 0.3 is 0 Å². The molecule has 1 aromatic carbocycles. The van der Waals surface area contributed by atoms with E-state index in [2.05, 4.69) is 22.0 Å². The highest BCUT2D eigenvalue weighted by molar-refractivity contribution is 8.93. The van der Waals surface area contributed by atoms with Crippen molar-refractivity contribution in [2.45, 2.75) is 44.7 Å². The first-order valence-electron chi connectivity index (χ1n) is 9.77. The molecule has 1 aliphatic rings. The fraction of sp³-hybridized carbons (Fsp3) is 0.429. The first-order chi connectivity index (χ1) is 13.2. The van der Waals surface area contributed by atoms with E-state index in [0.717, 1.165) is 67.9 Å².